The van der Waals surface area contributed by atoms with E-state index < -0.39 is 0 Å². The molecule has 1 atom stereocenters. The minimum absolute atomic E-state index is 0.155. The molecule has 16 heavy (non-hydrogen) atoms. The third-order valence-corrected chi connectivity index (χ3v) is 3.84. The highest BCUT2D eigenvalue weighted by Gasteiger charge is 2.39. The van der Waals surface area contributed by atoms with Crippen molar-refractivity contribution in [2.75, 3.05) is 26.7 Å². The lowest BCUT2D eigenvalue weighted by Crippen LogP contribution is -2.56. The van der Waals surface area contributed by atoms with E-state index in [0.717, 1.165) is 19.5 Å². The van der Waals surface area contributed by atoms with E-state index in [9.17, 15) is 5.11 Å². The summed E-state index contributed by atoms with van der Waals surface area (Å²) < 4.78 is 0. The summed E-state index contributed by atoms with van der Waals surface area (Å²) in [4.78, 5) is 4.82. The molecule has 0 aromatic heterocycles. The number of aliphatic hydroxyl groups excluding tert-OH is 1. The average molecular weight is 228 g/mol. The third kappa shape index (κ3) is 2.96. The first-order valence-corrected chi connectivity index (χ1v) is 6.27. The Kier molecular flexibility index (Phi) is 4.04. The number of nitrogens with zero attached hydrogens (tertiary/aromatic N) is 2. The van der Waals surface area contributed by atoms with Crippen LogP contribution in [0.4, 0.5) is 0 Å². The van der Waals surface area contributed by atoms with Gasteiger partial charge in [-0.1, -0.05) is 0 Å². The highest BCUT2D eigenvalue weighted by molar-refractivity contribution is 4.95. The van der Waals surface area contributed by atoms with Crippen LogP contribution < -0.4 is 0 Å². The summed E-state index contributed by atoms with van der Waals surface area (Å²) in [6, 6.07) is 0.265. The smallest absolute Gasteiger partial charge is 0.0599 e. The van der Waals surface area contributed by atoms with E-state index in [0.29, 0.717) is 0 Å². The SMILES string of the molecule is CN1CCC(C)(C)N(C(C)(C)C)CC1CO. The maximum absolute atomic E-state index is 9.47. The Morgan fingerprint density at radius 1 is 1.31 bits per heavy atom. The van der Waals surface area contributed by atoms with E-state index >= 15 is 0 Å². The molecule has 0 aliphatic carbocycles. The van der Waals surface area contributed by atoms with Crippen molar-refractivity contribution in [2.24, 2.45) is 0 Å². The van der Waals surface area contributed by atoms with Crippen molar-refractivity contribution in [1.29, 1.82) is 0 Å². The maximum atomic E-state index is 9.47. The summed E-state index contributed by atoms with van der Waals surface area (Å²) in [5, 5.41) is 9.47. The fourth-order valence-corrected chi connectivity index (χ4v) is 2.74. The molecule has 1 N–H and O–H groups in total. The van der Waals surface area contributed by atoms with Gasteiger partial charge in [-0.3, -0.25) is 9.80 Å². The van der Waals surface area contributed by atoms with Crippen LogP contribution in [-0.4, -0.2) is 58.8 Å². The monoisotopic (exact) mass is 228 g/mol. The first kappa shape index (κ1) is 13.9. The van der Waals surface area contributed by atoms with Gasteiger partial charge in [0.05, 0.1) is 6.61 Å². The van der Waals surface area contributed by atoms with Crippen molar-refractivity contribution in [3.05, 3.63) is 0 Å². The van der Waals surface area contributed by atoms with Crippen molar-refractivity contribution < 1.29 is 5.11 Å². The molecule has 1 aliphatic rings. The van der Waals surface area contributed by atoms with Gasteiger partial charge in [-0.25, -0.2) is 0 Å². The van der Waals surface area contributed by atoms with E-state index in [-0.39, 0.29) is 23.7 Å². The van der Waals surface area contributed by atoms with Gasteiger partial charge in [-0.05, 0) is 48.1 Å². The topological polar surface area (TPSA) is 26.7 Å². The molecule has 0 radical (unpaired) electrons. The van der Waals surface area contributed by atoms with Gasteiger partial charge < -0.3 is 5.11 Å². The highest BCUT2D eigenvalue weighted by atomic mass is 16.3. The van der Waals surface area contributed by atoms with Crippen LogP contribution >= 0.6 is 0 Å². The second-order valence-corrected chi connectivity index (χ2v) is 6.66. The van der Waals surface area contributed by atoms with Crippen molar-refractivity contribution in [3.8, 4) is 0 Å². The zero-order chi connectivity index (χ0) is 12.6. The van der Waals surface area contributed by atoms with Crippen LogP contribution in [0.25, 0.3) is 0 Å². The van der Waals surface area contributed by atoms with Crippen LogP contribution in [-0.2, 0) is 0 Å². The van der Waals surface area contributed by atoms with Crippen LogP contribution in [0.2, 0.25) is 0 Å². The van der Waals surface area contributed by atoms with Crippen LogP contribution in [0.3, 0.4) is 0 Å². The second-order valence-electron chi connectivity index (χ2n) is 6.66. The van der Waals surface area contributed by atoms with Gasteiger partial charge in [0.2, 0.25) is 0 Å². The fourth-order valence-electron chi connectivity index (χ4n) is 2.74. The number of hydrogen-bond acceptors (Lipinski definition) is 3. The summed E-state index contributed by atoms with van der Waals surface area (Å²) in [5.74, 6) is 0. The van der Waals surface area contributed by atoms with E-state index in [2.05, 4.69) is 51.5 Å². The van der Waals surface area contributed by atoms with Gasteiger partial charge in [-0.15, -0.1) is 0 Å². The third-order valence-electron chi connectivity index (χ3n) is 3.84. The molecule has 1 heterocycles. The lowest BCUT2D eigenvalue weighted by molar-refractivity contribution is 0.0169. The molecule has 1 saturated heterocycles. The largest absolute Gasteiger partial charge is 0.395 e. The highest BCUT2D eigenvalue weighted by Crippen LogP contribution is 2.31. The standard InChI is InChI=1S/C13H28N2O/c1-12(2,3)15-9-11(10-16)14(6)8-7-13(15,4)5/h11,16H,7-10H2,1-6H3. The Morgan fingerprint density at radius 2 is 1.88 bits per heavy atom. The van der Waals surface area contributed by atoms with Gasteiger partial charge >= 0.3 is 0 Å². The molecule has 1 aliphatic heterocycles. The van der Waals surface area contributed by atoms with Gasteiger partial charge in [0.25, 0.3) is 0 Å². The zero-order valence-electron chi connectivity index (χ0n) is 11.7. The normalized spacial score (nSPS) is 29.1. The Balaban J connectivity index is 2.93. The quantitative estimate of drug-likeness (QED) is 0.738. The van der Waals surface area contributed by atoms with Crippen molar-refractivity contribution in [1.82, 2.24) is 9.80 Å². The number of aliphatic hydroxyl groups is 1. The first-order chi connectivity index (χ1) is 7.18. The number of likely N-dealkylation sites (N-methyl/N-ethyl adjacent to an activating group) is 1. The Bertz CT molecular complexity index is 233. The van der Waals surface area contributed by atoms with E-state index in [1.165, 1.54) is 0 Å². The molecule has 3 heteroatoms. The lowest BCUT2D eigenvalue weighted by Gasteiger charge is -2.47. The summed E-state index contributed by atoms with van der Waals surface area (Å²) in [5.41, 5.74) is 0.360. The van der Waals surface area contributed by atoms with E-state index in [1.807, 2.05) is 0 Å². The number of hydrogen-bond donors (Lipinski definition) is 1. The van der Waals surface area contributed by atoms with Gasteiger partial charge in [0, 0.05) is 30.2 Å². The molecule has 1 rings (SSSR count). The van der Waals surface area contributed by atoms with E-state index in [4.69, 9.17) is 0 Å². The number of rotatable bonds is 1. The van der Waals surface area contributed by atoms with Crippen molar-refractivity contribution in [3.63, 3.8) is 0 Å². The van der Waals surface area contributed by atoms with E-state index in [1.54, 1.807) is 0 Å². The predicted molar refractivity (Wildman–Crippen MR) is 68.7 cm³/mol. The van der Waals surface area contributed by atoms with Crippen LogP contribution in [0, 0.1) is 0 Å². The molecule has 0 spiro atoms. The van der Waals surface area contributed by atoms with Crippen LogP contribution in [0.5, 0.6) is 0 Å². The Hall–Kier alpha value is -0.120. The van der Waals surface area contributed by atoms with Crippen LogP contribution in [0.15, 0.2) is 0 Å². The van der Waals surface area contributed by atoms with Crippen molar-refractivity contribution in [2.45, 2.75) is 58.2 Å². The zero-order valence-corrected chi connectivity index (χ0v) is 11.7. The predicted octanol–water partition coefficient (Wildman–Crippen LogP) is 1.56. The Morgan fingerprint density at radius 3 is 2.31 bits per heavy atom. The molecule has 0 amide bonds. The average Bonchev–Trinajstić information content (AvgIpc) is 2.23. The molecule has 0 aromatic carbocycles. The van der Waals surface area contributed by atoms with Gasteiger partial charge in [0.15, 0.2) is 0 Å². The summed E-state index contributed by atoms with van der Waals surface area (Å²) >= 11 is 0. The minimum Gasteiger partial charge on any atom is -0.395 e. The molecule has 0 aromatic rings. The molecular weight excluding hydrogens is 200 g/mol. The molecule has 96 valence electrons. The fraction of sp³-hybridized carbons (Fsp3) is 1.00. The summed E-state index contributed by atoms with van der Waals surface area (Å²) in [7, 11) is 2.11. The molecule has 1 unspecified atom stereocenters. The molecular formula is C13H28N2O. The molecule has 0 saturated carbocycles. The Labute approximate surface area is 100 Å². The molecule has 1 fully saturated rings. The van der Waals surface area contributed by atoms with Gasteiger partial charge in [-0.2, -0.15) is 0 Å². The van der Waals surface area contributed by atoms with Gasteiger partial charge in [0.1, 0.15) is 0 Å². The summed E-state index contributed by atoms with van der Waals surface area (Å²) in [6.07, 6.45) is 1.15. The second kappa shape index (κ2) is 4.63. The summed E-state index contributed by atoms with van der Waals surface area (Å²) in [6.45, 7) is 13.7. The first-order valence-electron chi connectivity index (χ1n) is 6.27. The maximum Gasteiger partial charge on any atom is 0.0599 e. The molecule has 3 nitrogen and oxygen atoms in total. The van der Waals surface area contributed by atoms with Crippen molar-refractivity contribution >= 4 is 0 Å². The van der Waals surface area contributed by atoms with Crippen LogP contribution in [0.1, 0.15) is 41.0 Å². The lowest BCUT2D eigenvalue weighted by atomic mass is 9.92. The minimum atomic E-state index is 0.155. The molecule has 0 bridgehead atoms.